The molecule has 5 rings (SSSR count). The van der Waals surface area contributed by atoms with Crippen LogP contribution in [0.2, 0.25) is 0 Å². The fourth-order valence-electron chi connectivity index (χ4n) is 5.05. The lowest BCUT2D eigenvalue weighted by atomic mass is 9.93. The van der Waals surface area contributed by atoms with Gasteiger partial charge in [-0.3, -0.25) is 9.69 Å². The minimum Gasteiger partial charge on any atom is -0.423 e. The first kappa shape index (κ1) is 18.9. The van der Waals surface area contributed by atoms with Crippen LogP contribution in [-0.2, 0) is 4.79 Å². The van der Waals surface area contributed by atoms with Crippen LogP contribution in [-0.4, -0.2) is 53.6 Å². The molecule has 0 radical (unpaired) electrons. The topological polar surface area (TPSA) is 61.6 Å². The number of nitrogens with one attached hydrogen (secondary N) is 1. The first-order valence-electron chi connectivity index (χ1n) is 11.3. The van der Waals surface area contributed by atoms with Gasteiger partial charge in [0.1, 0.15) is 5.52 Å². The molecule has 6 nitrogen and oxygen atoms in total. The fourth-order valence-corrected chi connectivity index (χ4v) is 5.05. The monoisotopic (exact) mass is 396 g/mol. The Bertz CT molecular complexity index is 834. The molecule has 3 aliphatic rings. The predicted octanol–water partition coefficient (Wildman–Crippen LogP) is 3.57. The van der Waals surface area contributed by atoms with Crippen LogP contribution in [0.4, 0.5) is 6.01 Å². The number of nitrogens with zero attached hydrogens (tertiary/aromatic N) is 3. The van der Waals surface area contributed by atoms with Gasteiger partial charge >= 0.3 is 0 Å². The van der Waals surface area contributed by atoms with Crippen molar-refractivity contribution < 1.29 is 9.21 Å². The number of carbonyl (C=O) groups excluding carboxylic acids is 1. The number of aromatic nitrogens is 1. The van der Waals surface area contributed by atoms with E-state index in [0.29, 0.717) is 6.04 Å². The van der Waals surface area contributed by atoms with Crippen LogP contribution in [0.1, 0.15) is 51.9 Å². The van der Waals surface area contributed by atoms with Crippen molar-refractivity contribution in [2.75, 3.05) is 31.1 Å². The number of amides is 1. The van der Waals surface area contributed by atoms with E-state index in [2.05, 4.69) is 27.0 Å². The summed E-state index contributed by atoms with van der Waals surface area (Å²) in [7, 11) is 0. The number of para-hydroxylation sites is 2. The highest BCUT2D eigenvalue weighted by molar-refractivity contribution is 5.80. The second-order valence-electron chi connectivity index (χ2n) is 9.14. The number of piperidine rings is 2. The van der Waals surface area contributed by atoms with E-state index < -0.39 is 0 Å². The van der Waals surface area contributed by atoms with Crippen molar-refractivity contribution in [2.45, 2.75) is 63.5 Å². The summed E-state index contributed by atoms with van der Waals surface area (Å²) >= 11 is 0. The van der Waals surface area contributed by atoms with Crippen molar-refractivity contribution in [2.24, 2.45) is 5.92 Å². The third-order valence-corrected chi connectivity index (χ3v) is 7.28. The number of rotatable bonds is 5. The zero-order valence-corrected chi connectivity index (χ0v) is 17.4. The third kappa shape index (κ3) is 3.87. The molecule has 1 atom stereocenters. The molecule has 2 aromatic rings. The first-order chi connectivity index (χ1) is 14.2. The van der Waals surface area contributed by atoms with E-state index in [4.69, 9.17) is 4.42 Å². The molecule has 0 spiro atoms. The Hall–Kier alpha value is -2.08. The minimum atomic E-state index is 0.129. The van der Waals surface area contributed by atoms with Gasteiger partial charge in [-0.1, -0.05) is 19.1 Å². The zero-order chi connectivity index (χ0) is 19.8. The lowest BCUT2D eigenvalue weighted by Crippen LogP contribution is -2.52. The van der Waals surface area contributed by atoms with Crippen LogP contribution >= 0.6 is 0 Å². The second kappa shape index (κ2) is 7.63. The number of oxazole rings is 1. The van der Waals surface area contributed by atoms with Gasteiger partial charge in [0.05, 0.1) is 5.92 Å². The van der Waals surface area contributed by atoms with E-state index >= 15 is 0 Å². The zero-order valence-electron chi connectivity index (χ0n) is 17.4. The van der Waals surface area contributed by atoms with Gasteiger partial charge in [-0.15, -0.1) is 0 Å². The van der Waals surface area contributed by atoms with Gasteiger partial charge in [-0.25, -0.2) is 0 Å². The van der Waals surface area contributed by atoms with Crippen molar-refractivity contribution in [1.29, 1.82) is 0 Å². The SMILES string of the molecule is CCC1(NC(=O)[C@@H]2CCCN(C3CCN(c4nc5ccccc5o4)CC3)C2)CC1. The van der Waals surface area contributed by atoms with E-state index in [1.54, 1.807) is 0 Å². The molecule has 3 fully saturated rings. The molecule has 2 saturated heterocycles. The summed E-state index contributed by atoms with van der Waals surface area (Å²) in [5, 5.41) is 3.36. The van der Waals surface area contributed by atoms with Gasteiger partial charge in [0.15, 0.2) is 5.58 Å². The van der Waals surface area contributed by atoms with Crippen LogP contribution in [0.5, 0.6) is 0 Å². The van der Waals surface area contributed by atoms with Crippen molar-refractivity contribution in [3.05, 3.63) is 24.3 Å². The van der Waals surface area contributed by atoms with Crippen molar-refractivity contribution in [3.63, 3.8) is 0 Å². The number of carbonyl (C=O) groups is 1. The Morgan fingerprint density at radius 1 is 1.21 bits per heavy atom. The molecule has 1 aromatic heterocycles. The van der Waals surface area contributed by atoms with Gasteiger partial charge in [-0.2, -0.15) is 4.98 Å². The van der Waals surface area contributed by atoms with Crippen LogP contribution in [0.25, 0.3) is 11.1 Å². The summed E-state index contributed by atoms with van der Waals surface area (Å²) in [4.78, 5) is 22.3. The molecule has 1 N–H and O–H groups in total. The Kier molecular flexibility index (Phi) is 4.98. The van der Waals surface area contributed by atoms with Crippen molar-refractivity contribution >= 4 is 23.0 Å². The van der Waals surface area contributed by atoms with E-state index in [1.807, 2.05) is 24.3 Å². The normalized spacial score (nSPS) is 25.3. The molecule has 2 aliphatic heterocycles. The number of fused-ring (bicyclic) bond motifs is 1. The number of likely N-dealkylation sites (tertiary alicyclic amines) is 1. The van der Waals surface area contributed by atoms with Crippen molar-refractivity contribution in [3.8, 4) is 0 Å². The summed E-state index contributed by atoms with van der Waals surface area (Å²) in [5.41, 5.74) is 1.91. The molecule has 1 saturated carbocycles. The summed E-state index contributed by atoms with van der Waals surface area (Å²) in [6.45, 7) is 6.15. The van der Waals surface area contributed by atoms with Gasteiger partial charge in [0.25, 0.3) is 6.01 Å². The van der Waals surface area contributed by atoms with Gasteiger partial charge in [-0.05, 0) is 63.6 Å². The Morgan fingerprint density at radius 3 is 2.72 bits per heavy atom. The molecule has 0 unspecified atom stereocenters. The second-order valence-corrected chi connectivity index (χ2v) is 9.14. The number of hydrogen-bond donors (Lipinski definition) is 1. The average molecular weight is 397 g/mol. The molecule has 29 heavy (non-hydrogen) atoms. The fraction of sp³-hybridized carbons (Fsp3) is 0.652. The summed E-state index contributed by atoms with van der Waals surface area (Å²) in [6, 6.07) is 9.26. The largest absolute Gasteiger partial charge is 0.423 e. The predicted molar refractivity (Wildman–Crippen MR) is 114 cm³/mol. The molecular formula is C23H32N4O2. The summed E-state index contributed by atoms with van der Waals surface area (Å²) in [6.07, 6.45) is 7.73. The lowest BCUT2D eigenvalue weighted by Gasteiger charge is -2.41. The molecule has 156 valence electrons. The van der Waals surface area contributed by atoms with Crippen LogP contribution < -0.4 is 10.2 Å². The van der Waals surface area contributed by atoms with Crippen LogP contribution in [0, 0.1) is 5.92 Å². The van der Waals surface area contributed by atoms with Gasteiger partial charge < -0.3 is 14.6 Å². The average Bonchev–Trinajstić information content (AvgIpc) is 3.41. The minimum absolute atomic E-state index is 0.129. The van der Waals surface area contributed by atoms with E-state index in [-0.39, 0.29) is 17.4 Å². The Morgan fingerprint density at radius 2 is 2.00 bits per heavy atom. The molecular weight excluding hydrogens is 364 g/mol. The van der Waals surface area contributed by atoms with E-state index in [1.165, 1.54) is 0 Å². The molecule has 1 aromatic carbocycles. The Labute approximate surface area is 172 Å². The lowest BCUT2D eigenvalue weighted by molar-refractivity contribution is -0.128. The summed E-state index contributed by atoms with van der Waals surface area (Å²) < 4.78 is 5.95. The maximum Gasteiger partial charge on any atom is 0.298 e. The van der Waals surface area contributed by atoms with Crippen molar-refractivity contribution in [1.82, 2.24) is 15.2 Å². The van der Waals surface area contributed by atoms with E-state index in [0.717, 1.165) is 88.2 Å². The smallest absolute Gasteiger partial charge is 0.298 e. The summed E-state index contributed by atoms with van der Waals surface area (Å²) in [5.74, 6) is 0.445. The molecule has 1 aliphatic carbocycles. The van der Waals surface area contributed by atoms with Gasteiger partial charge in [0.2, 0.25) is 5.91 Å². The van der Waals surface area contributed by atoms with Gasteiger partial charge in [0, 0.05) is 31.2 Å². The number of anilines is 1. The maximum absolute atomic E-state index is 12.8. The molecule has 3 heterocycles. The highest BCUT2D eigenvalue weighted by Gasteiger charge is 2.43. The maximum atomic E-state index is 12.8. The molecule has 6 heteroatoms. The molecule has 1 amide bonds. The van der Waals surface area contributed by atoms with Crippen LogP contribution in [0.15, 0.2) is 28.7 Å². The molecule has 0 bridgehead atoms. The number of benzene rings is 1. The van der Waals surface area contributed by atoms with E-state index in [9.17, 15) is 4.79 Å². The first-order valence-corrected chi connectivity index (χ1v) is 11.3. The quantitative estimate of drug-likeness (QED) is 0.837. The number of hydrogen-bond acceptors (Lipinski definition) is 5. The Balaban J connectivity index is 1.16. The third-order valence-electron chi connectivity index (χ3n) is 7.28. The highest BCUT2D eigenvalue weighted by atomic mass is 16.4. The standard InChI is InChI=1S/C23H32N4O2/c1-2-23(11-12-23)25-21(28)17-6-5-13-27(16-17)18-9-14-26(15-10-18)22-24-19-7-3-4-8-20(19)29-22/h3-4,7-8,17-18H,2,5-6,9-16H2,1H3,(H,25,28)/t17-/m1/s1. The van der Waals surface area contributed by atoms with Crippen LogP contribution in [0.3, 0.4) is 0 Å². The highest BCUT2D eigenvalue weighted by Crippen LogP contribution is 2.39.